The highest BCUT2D eigenvalue weighted by Crippen LogP contribution is 2.47. The van der Waals surface area contributed by atoms with E-state index in [2.05, 4.69) is 192 Å². The van der Waals surface area contributed by atoms with Crippen molar-refractivity contribution in [1.82, 2.24) is 0 Å². The van der Waals surface area contributed by atoms with Crippen LogP contribution in [-0.4, -0.2) is 0 Å². The first-order valence-corrected chi connectivity index (χ1v) is 19.6. The Morgan fingerprint density at radius 3 is 1.50 bits per heavy atom. The van der Waals surface area contributed by atoms with Gasteiger partial charge in [0.1, 0.15) is 0 Å². The fraction of sp³-hybridized carbons (Fsp3) is 0.148. The molecule has 0 aliphatic heterocycles. The van der Waals surface area contributed by atoms with E-state index in [1.54, 1.807) is 0 Å². The molecule has 54 heavy (non-hydrogen) atoms. The number of rotatable bonds is 6. The van der Waals surface area contributed by atoms with Crippen LogP contribution >= 0.6 is 0 Å². The van der Waals surface area contributed by atoms with Crippen LogP contribution in [0.1, 0.15) is 54.0 Å². The van der Waals surface area contributed by atoms with Gasteiger partial charge in [-0.2, -0.15) is 0 Å². The summed E-state index contributed by atoms with van der Waals surface area (Å²) in [7, 11) is 0. The van der Waals surface area contributed by atoms with Crippen LogP contribution in [0.4, 0.5) is 0 Å². The summed E-state index contributed by atoms with van der Waals surface area (Å²) < 4.78 is 0. The van der Waals surface area contributed by atoms with Gasteiger partial charge < -0.3 is 0 Å². The molecule has 0 saturated heterocycles. The minimum absolute atomic E-state index is 0.661. The van der Waals surface area contributed by atoms with Crippen LogP contribution in [0.15, 0.2) is 164 Å². The molecule has 1 atom stereocenters. The average molecular weight is 695 g/mol. The molecule has 9 rings (SSSR count). The highest BCUT2D eigenvalue weighted by Gasteiger charge is 2.21. The molecular formula is C54H46. The lowest BCUT2D eigenvalue weighted by molar-refractivity contribution is 0.533. The maximum Gasteiger partial charge on any atom is -0.00201 e. The van der Waals surface area contributed by atoms with E-state index in [-0.39, 0.29) is 0 Å². The third kappa shape index (κ3) is 5.97. The third-order valence-electron chi connectivity index (χ3n) is 11.8. The molecule has 0 spiro atoms. The second-order valence-electron chi connectivity index (χ2n) is 15.3. The topological polar surface area (TPSA) is 0 Å². The van der Waals surface area contributed by atoms with Gasteiger partial charge >= 0.3 is 0 Å². The standard InChI is InChI=1S/C54H46/c1-5-38-23-24-42(34-43(33-38)39-15-7-6-8-16-39)40-25-27-41(28-26-40)53-46-19-11-13-21-48(46)54(49-22-14-12-20-47(49)53)51-30-29-50(44-17-9-10-18-45(44)51)52-36(3)31-35(2)32-37(52)4/h6-22,24-32,34,38H,5,23,33H2,1-4H3. The minimum atomic E-state index is 0.661. The summed E-state index contributed by atoms with van der Waals surface area (Å²) in [6.45, 7) is 9.01. The van der Waals surface area contributed by atoms with Gasteiger partial charge in [-0.15, -0.1) is 0 Å². The van der Waals surface area contributed by atoms with Gasteiger partial charge in [0.05, 0.1) is 0 Å². The van der Waals surface area contributed by atoms with Gasteiger partial charge in [-0.05, 0) is 139 Å². The number of fused-ring (bicyclic) bond motifs is 3. The van der Waals surface area contributed by atoms with Crippen LogP contribution in [0.3, 0.4) is 0 Å². The number of aryl methyl sites for hydroxylation is 3. The second kappa shape index (κ2) is 14.1. The van der Waals surface area contributed by atoms with Crippen molar-refractivity contribution in [1.29, 1.82) is 0 Å². The van der Waals surface area contributed by atoms with Crippen molar-refractivity contribution < 1.29 is 0 Å². The van der Waals surface area contributed by atoms with E-state index in [1.165, 1.54) is 111 Å². The summed E-state index contributed by atoms with van der Waals surface area (Å²) >= 11 is 0. The molecule has 8 aromatic carbocycles. The zero-order chi connectivity index (χ0) is 36.8. The fourth-order valence-electron chi connectivity index (χ4n) is 9.26. The van der Waals surface area contributed by atoms with E-state index in [0.29, 0.717) is 5.92 Å². The number of hydrogen-bond acceptors (Lipinski definition) is 0. The summed E-state index contributed by atoms with van der Waals surface area (Å²) in [4.78, 5) is 0. The Hall–Kier alpha value is -5.98. The summed E-state index contributed by atoms with van der Waals surface area (Å²) in [6.07, 6.45) is 8.32. The molecule has 1 aliphatic carbocycles. The molecule has 0 fully saturated rings. The molecule has 0 saturated carbocycles. The molecule has 0 radical (unpaired) electrons. The molecule has 0 heteroatoms. The summed E-state index contributed by atoms with van der Waals surface area (Å²) in [5, 5.41) is 7.70. The van der Waals surface area contributed by atoms with Crippen LogP contribution in [0.5, 0.6) is 0 Å². The Morgan fingerprint density at radius 2 is 0.944 bits per heavy atom. The van der Waals surface area contributed by atoms with Crippen LogP contribution in [0, 0.1) is 26.7 Å². The van der Waals surface area contributed by atoms with Gasteiger partial charge in [-0.3, -0.25) is 0 Å². The average Bonchev–Trinajstić information content (AvgIpc) is 3.43. The van der Waals surface area contributed by atoms with Crippen molar-refractivity contribution in [2.24, 2.45) is 5.92 Å². The predicted octanol–water partition coefficient (Wildman–Crippen LogP) is 15.4. The summed E-state index contributed by atoms with van der Waals surface area (Å²) in [5.74, 6) is 0.661. The van der Waals surface area contributed by atoms with E-state index in [0.717, 1.165) is 12.8 Å². The van der Waals surface area contributed by atoms with E-state index < -0.39 is 0 Å². The molecular weight excluding hydrogens is 649 g/mol. The minimum Gasteiger partial charge on any atom is -0.0764 e. The Balaban J connectivity index is 1.21. The lowest BCUT2D eigenvalue weighted by atomic mass is 9.83. The fourth-order valence-corrected chi connectivity index (χ4v) is 9.26. The maximum absolute atomic E-state index is 2.47. The van der Waals surface area contributed by atoms with Gasteiger partial charge in [-0.1, -0.05) is 183 Å². The number of hydrogen-bond donors (Lipinski definition) is 0. The first-order valence-electron chi connectivity index (χ1n) is 19.6. The zero-order valence-electron chi connectivity index (χ0n) is 31.8. The molecule has 262 valence electrons. The molecule has 0 bridgehead atoms. The normalized spacial score (nSPS) is 14.6. The molecule has 0 heterocycles. The number of benzene rings is 8. The van der Waals surface area contributed by atoms with Gasteiger partial charge in [-0.25, -0.2) is 0 Å². The van der Waals surface area contributed by atoms with Crippen LogP contribution < -0.4 is 0 Å². The zero-order valence-corrected chi connectivity index (χ0v) is 31.8. The SMILES string of the molecule is CCC1CC=C(c2ccc(-c3c4ccccc4c(-c4ccc(-c5c(C)cc(C)cc5C)c5ccccc45)c4ccccc34)cc2)C=C(c2ccccc2)C1. The maximum atomic E-state index is 2.47. The van der Waals surface area contributed by atoms with Gasteiger partial charge in [0, 0.05) is 0 Å². The summed E-state index contributed by atoms with van der Waals surface area (Å²) in [6, 6.07) is 56.7. The van der Waals surface area contributed by atoms with Crippen molar-refractivity contribution in [3.63, 3.8) is 0 Å². The lowest BCUT2D eigenvalue weighted by Crippen LogP contribution is -1.97. The van der Waals surface area contributed by atoms with Crippen molar-refractivity contribution >= 4 is 43.5 Å². The second-order valence-corrected chi connectivity index (χ2v) is 15.3. The van der Waals surface area contributed by atoms with Crippen molar-refractivity contribution in [3.8, 4) is 33.4 Å². The molecule has 0 aromatic heterocycles. The summed E-state index contributed by atoms with van der Waals surface area (Å²) in [5.41, 5.74) is 17.1. The first kappa shape index (κ1) is 33.8. The first-order chi connectivity index (χ1) is 26.5. The van der Waals surface area contributed by atoms with E-state index >= 15 is 0 Å². The van der Waals surface area contributed by atoms with Crippen LogP contribution in [0.2, 0.25) is 0 Å². The molecule has 0 N–H and O–H groups in total. The van der Waals surface area contributed by atoms with Crippen LogP contribution in [0.25, 0.3) is 76.8 Å². The Kier molecular flexibility index (Phi) is 8.84. The van der Waals surface area contributed by atoms with E-state index in [1.807, 2.05) is 0 Å². The predicted molar refractivity (Wildman–Crippen MR) is 235 cm³/mol. The van der Waals surface area contributed by atoms with Crippen LogP contribution in [-0.2, 0) is 0 Å². The Labute approximate surface area is 320 Å². The van der Waals surface area contributed by atoms with Gasteiger partial charge in [0.25, 0.3) is 0 Å². The third-order valence-corrected chi connectivity index (χ3v) is 11.8. The molecule has 1 aliphatic rings. The molecule has 0 amide bonds. The molecule has 1 unspecified atom stereocenters. The van der Waals surface area contributed by atoms with Gasteiger partial charge in [0.15, 0.2) is 0 Å². The highest BCUT2D eigenvalue weighted by molar-refractivity contribution is 6.24. The molecule has 8 aromatic rings. The van der Waals surface area contributed by atoms with Gasteiger partial charge in [0.2, 0.25) is 0 Å². The lowest BCUT2D eigenvalue weighted by Gasteiger charge is -2.20. The Morgan fingerprint density at radius 1 is 0.463 bits per heavy atom. The van der Waals surface area contributed by atoms with Crippen molar-refractivity contribution in [3.05, 3.63) is 192 Å². The van der Waals surface area contributed by atoms with E-state index in [4.69, 9.17) is 0 Å². The van der Waals surface area contributed by atoms with Crippen molar-refractivity contribution in [2.75, 3.05) is 0 Å². The van der Waals surface area contributed by atoms with E-state index in [9.17, 15) is 0 Å². The Bertz CT molecular complexity index is 2680. The molecule has 0 nitrogen and oxygen atoms in total. The van der Waals surface area contributed by atoms with Crippen molar-refractivity contribution in [2.45, 2.75) is 47.0 Å². The smallest absolute Gasteiger partial charge is 0.00201 e. The largest absolute Gasteiger partial charge is 0.0764 e. The quantitative estimate of drug-likeness (QED) is 0.152. The number of allylic oxidation sites excluding steroid dienone is 4. The monoisotopic (exact) mass is 694 g/mol. The highest BCUT2D eigenvalue weighted by atomic mass is 14.2.